The lowest BCUT2D eigenvalue weighted by atomic mass is 9.87. The molecule has 3 rings (SSSR count). The van der Waals surface area contributed by atoms with Gasteiger partial charge in [0.15, 0.2) is 6.10 Å². The van der Waals surface area contributed by atoms with Crippen LogP contribution in [0.5, 0.6) is 0 Å². The van der Waals surface area contributed by atoms with E-state index in [0.29, 0.717) is 17.0 Å². The Morgan fingerprint density at radius 1 is 0.811 bits per heavy atom. The highest BCUT2D eigenvalue weighted by atomic mass is 16.5. The number of hydrogen-bond donors (Lipinski definition) is 0. The van der Waals surface area contributed by atoms with E-state index in [-0.39, 0.29) is 5.78 Å². The minimum Gasteiger partial charge on any atom is -0.451 e. The first-order chi connectivity index (χ1) is 18.0. The van der Waals surface area contributed by atoms with Crippen molar-refractivity contribution in [3.8, 4) is 11.3 Å². The van der Waals surface area contributed by atoms with Crippen molar-refractivity contribution in [3.63, 3.8) is 0 Å². The van der Waals surface area contributed by atoms with E-state index in [9.17, 15) is 9.59 Å². The molecule has 2 atom stereocenters. The van der Waals surface area contributed by atoms with E-state index < -0.39 is 12.1 Å². The van der Waals surface area contributed by atoms with Gasteiger partial charge >= 0.3 is 5.97 Å². The van der Waals surface area contributed by atoms with Gasteiger partial charge in [0.1, 0.15) is 0 Å². The molecule has 0 radical (unpaired) electrons. The molecule has 1 heterocycles. The van der Waals surface area contributed by atoms with Crippen LogP contribution in [0.25, 0.3) is 11.3 Å². The number of benzene rings is 2. The number of pyridine rings is 1. The van der Waals surface area contributed by atoms with Crippen LogP contribution in [0.2, 0.25) is 0 Å². The lowest BCUT2D eigenvalue weighted by Crippen LogP contribution is -2.24. The minimum atomic E-state index is -0.857. The van der Waals surface area contributed by atoms with Gasteiger partial charge in [-0.25, -0.2) is 4.79 Å². The molecule has 2 aromatic carbocycles. The summed E-state index contributed by atoms with van der Waals surface area (Å²) in [6, 6.07) is 19.2. The Bertz CT molecular complexity index is 1130. The van der Waals surface area contributed by atoms with Gasteiger partial charge in [-0.1, -0.05) is 88.9 Å². The highest BCUT2D eigenvalue weighted by Gasteiger charge is 2.21. The maximum absolute atomic E-state index is 12.8. The van der Waals surface area contributed by atoms with E-state index in [4.69, 9.17) is 9.72 Å². The van der Waals surface area contributed by atoms with E-state index in [1.54, 1.807) is 19.1 Å². The molecule has 2 unspecified atom stereocenters. The summed E-state index contributed by atoms with van der Waals surface area (Å²) in [6.45, 7) is 8.24. The zero-order chi connectivity index (χ0) is 26.6. The number of rotatable bonds is 14. The third kappa shape index (κ3) is 7.85. The van der Waals surface area contributed by atoms with Gasteiger partial charge in [0.2, 0.25) is 5.78 Å². The smallest absolute Gasteiger partial charge is 0.338 e. The predicted octanol–water partition coefficient (Wildman–Crippen LogP) is 8.59. The van der Waals surface area contributed by atoms with Gasteiger partial charge in [-0.2, -0.15) is 0 Å². The Morgan fingerprint density at radius 3 is 2.14 bits per heavy atom. The van der Waals surface area contributed by atoms with E-state index >= 15 is 0 Å². The number of unbranched alkanes of at least 4 members (excludes halogenated alkanes) is 2. The van der Waals surface area contributed by atoms with Crippen LogP contribution in [0.1, 0.15) is 110 Å². The van der Waals surface area contributed by atoms with E-state index in [1.807, 2.05) is 48.7 Å². The molecular formula is C33H41NO3. The number of carbonyl (C=O) groups is 2. The number of ether oxygens (including phenoxy) is 1. The maximum Gasteiger partial charge on any atom is 0.338 e. The largest absolute Gasteiger partial charge is 0.451 e. The second kappa shape index (κ2) is 14.5. The summed E-state index contributed by atoms with van der Waals surface area (Å²) < 4.78 is 5.53. The number of nitrogens with zero attached hydrogens (tertiary/aromatic N) is 1. The van der Waals surface area contributed by atoms with Crippen molar-refractivity contribution in [2.75, 3.05) is 0 Å². The number of ketones is 1. The molecular weight excluding hydrogens is 458 g/mol. The summed E-state index contributed by atoms with van der Waals surface area (Å²) in [4.78, 5) is 30.3. The van der Waals surface area contributed by atoms with Gasteiger partial charge in [0, 0.05) is 17.3 Å². The van der Waals surface area contributed by atoms with Crippen LogP contribution in [-0.2, 0) is 11.2 Å². The van der Waals surface area contributed by atoms with Crippen LogP contribution < -0.4 is 0 Å². The molecule has 0 aliphatic rings. The summed E-state index contributed by atoms with van der Waals surface area (Å²) >= 11 is 0. The maximum atomic E-state index is 12.8. The highest BCUT2D eigenvalue weighted by Crippen LogP contribution is 2.33. The van der Waals surface area contributed by atoms with Crippen LogP contribution >= 0.6 is 0 Å². The first kappa shape index (κ1) is 28.3. The number of aromatic nitrogens is 1. The molecule has 0 aliphatic heterocycles. The molecule has 37 heavy (non-hydrogen) atoms. The van der Waals surface area contributed by atoms with Crippen molar-refractivity contribution < 1.29 is 14.3 Å². The molecule has 0 saturated heterocycles. The predicted molar refractivity (Wildman–Crippen MR) is 151 cm³/mol. The quantitative estimate of drug-likeness (QED) is 0.165. The topological polar surface area (TPSA) is 56.3 Å². The Balaban J connectivity index is 1.69. The Hall–Kier alpha value is -3.27. The van der Waals surface area contributed by atoms with Crippen molar-refractivity contribution >= 4 is 11.8 Å². The molecule has 4 heteroatoms. The molecule has 1 aromatic heterocycles. The van der Waals surface area contributed by atoms with Crippen LogP contribution in [-0.4, -0.2) is 22.8 Å². The zero-order valence-electron chi connectivity index (χ0n) is 22.8. The fourth-order valence-electron chi connectivity index (χ4n) is 4.74. The van der Waals surface area contributed by atoms with Crippen LogP contribution in [0.15, 0.2) is 66.9 Å². The molecule has 0 aliphatic carbocycles. The Morgan fingerprint density at radius 2 is 1.49 bits per heavy atom. The second-order valence-corrected chi connectivity index (χ2v) is 9.86. The third-order valence-corrected chi connectivity index (χ3v) is 6.93. The standard InChI is InChI=1S/C33H41NO3/c1-5-8-12-25-15-17-28(18-16-25)32(35)24(4)37-33(36)29-21-19-27(20-22-29)31-30(14-10-23-34-31)26(11-7-3)13-9-6-2/h10,14-24,26H,5-9,11-13H2,1-4H3. The van der Waals surface area contributed by atoms with Crippen LogP contribution in [0, 0.1) is 0 Å². The van der Waals surface area contributed by atoms with Gasteiger partial charge < -0.3 is 4.74 Å². The normalized spacial score (nSPS) is 12.6. The first-order valence-electron chi connectivity index (χ1n) is 13.9. The second-order valence-electron chi connectivity index (χ2n) is 9.86. The number of hydrogen-bond acceptors (Lipinski definition) is 4. The van der Waals surface area contributed by atoms with E-state index in [2.05, 4.69) is 26.8 Å². The highest BCUT2D eigenvalue weighted by molar-refractivity contribution is 6.01. The summed E-state index contributed by atoms with van der Waals surface area (Å²) in [5, 5.41) is 0. The van der Waals surface area contributed by atoms with Crippen molar-refractivity contribution in [2.45, 2.75) is 91.1 Å². The van der Waals surface area contributed by atoms with Crippen molar-refractivity contribution in [3.05, 3.63) is 89.1 Å². The molecule has 0 amide bonds. The van der Waals surface area contributed by atoms with Gasteiger partial charge in [0.25, 0.3) is 0 Å². The molecule has 0 bridgehead atoms. The summed E-state index contributed by atoms with van der Waals surface area (Å²) in [5.74, 6) is -0.218. The minimum absolute atomic E-state index is 0.195. The number of Topliss-reactive ketones (excluding diaryl/α,β-unsaturated/α-hetero) is 1. The fraction of sp³-hybridized carbons (Fsp3) is 0.424. The lowest BCUT2D eigenvalue weighted by Gasteiger charge is -2.19. The summed E-state index contributed by atoms with van der Waals surface area (Å²) in [6.07, 6.45) is 10.0. The summed E-state index contributed by atoms with van der Waals surface area (Å²) in [5.41, 5.74) is 5.42. The number of aryl methyl sites for hydroxylation is 1. The molecule has 3 aromatic rings. The van der Waals surface area contributed by atoms with Gasteiger partial charge in [-0.05, 0) is 67.9 Å². The molecule has 0 saturated carbocycles. The van der Waals surface area contributed by atoms with Crippen molar-refractivity contribution in [1.82, 2.24) is 4.98 Å². The van der Waals surface area contributed by atoms with Crippen LogP contribution in [0.3, 0.4) is 0 Å². The van der Waals surface area contributed by atoms with Gasteiger partial charge in [0.05, 0.1) is 11.3 Å². The average molecular weight is 500 g/mol. The van der Waals surface area contributed by atoms with Crippen molar-refractivity contribution in [1.29, 1.82) is 0 Å². The van der Waals surface area contributed by atoms with Crippen molar-refractivity contribution in [2.24, 2.45) is 0 Å². The first-order valence-corrected chi connectivity index (χ1v) is 13.9. The molecule has 196 valence electrons. The summed E-state index contributed by atoms with van der Waals surface area (Å²) in [7, 11) is 0. The van der Waals surface area contributed by atoms with Gasteiger partial charge in [-0.15, -0.1) is 0 Å². The van der Waals surface area contributed by atoms with Gasteiger partial charge in [-0.3, -0.25) is 9.78 Å². The fourth-order valence-corrected chi connectivity index (χ4v) is 4.74. The molecule has 0 spiro atoms. The lowest BCUT2D eigenvalue weighted by molar-refractivity contribution is 0.0319. The number of carbonyl (C=O) groups excluding carboxylic acids is 2. The SMILES string of the molecule is CCCCc1ccc(C(=O)C(C)OC(=O)c2ccc(-c3ncccc3C(CCC)CCCC)cc2)cc1. The van der Waals surface area contributed by atoms with Crippen LogP contribution in [0.4, 0.5) is 0 Å². The average Bonchev–Trinajstić information content (AvgIpc) is 2.94. The molecule has 0 N–H and O–H groups in total. The van der Waals surface area contributed by atoms with E-state index in [0.717, 1.165) is 49.8 Å². The zero-order valence-corrected chi connectivity index (χ0v) is 22.8. The molecule has 0 fully saturated rings. The Labute approximate surface area is 222 Å². The molecule has 4 nitrogen and oxygen atoms in total. The Kier molecular flexibility index (Phi) is 11.1. The van der Waals surface area contributed by atoms with E-state index in [1.165, 1.54) is 24.0 Å². The third-order valence-electron chi connectivity index (χ3n) is 6.93. The number of esters is 1. The monoisotopic (exact) mass is 499 g/mol.